The number of nitrogens with one attached hydrogen (secondary N) is 2. The first-order valence-corrected chi connectivity index (χ1v) is 8.39. The lowest BCUT2D eigenvalue weighted by Crippen LogP contribution is -2.42. The maximum atomic E-state index is 11.8. The summed E-state index contributed by atoms with van der Waals surface area (Å²) < 4.78 is 0. The number of aromatic nitrogens is 3. The van der Waals surface area contributed by atoms with Crippen LogP contribution in [0.2, 0.25) is 0 Å². The highest BCUT2D eigenvalue weighted by atomic mass is 16.1. The molecule has 2 N–H and O–H groups in total. The minimum Gasteiger partial charge on any atom is -0.356 e. The molecule has 1 aliphatic heterocycles. The molecule has 6 nitrogen and oxygen atoms in total. The number of nitrogens with zero attached hydrogens (tertiary/aromatic N) is 3. The quantitative estimate of drug-likeness (QED) is 0.907. The summed E-state index contributed by atoms with van der Waals surface area (Å²) in [7, 11) is 0. The summed E-state index contributed by atoms with van der Waals surface area (Å²) in [6.45, 7) is 8.45. The zero-order chi connectivity index (χ0) is 16.4. The first-order chi connectivity index (χ1) is 11.0. The number of rotatable bonds is 4. The molecule has 0 saturated carbocycles. The molecule has 3 heterocycles. The van der Waals surface area contributed by atoms with Gasteiger partial charge in [-0.25, -0.2) is 9.97 Å². The van der Waals surface area contributed by atoms with E-state index in [0.29, 0.717) is 5.92 Å². The van der Waals surface area contributed by atoms with Gasteiger partial charge in [-0.3, -0.25) is 4.79 Å². The second-order valence-electron chi connectivity index (χ2n) is 6.69. The van der Waals surface area contributed by atoms with Crippen LogP contribution in [0.15, 0.2) is 12.3 Å². The lowest BCUT2D eigenvalue weighted by atomic mass is 9.97. The van der Waals surface area contributed by atoms with Crippen LogP contribution in [0.25, 0.3) is 11.0 Å². The fourth-order valence-electron chi connectivity index (χ4n) is 3.15. The van der Waals surface area contributed by atoms with E-state index >= 15 is 0 Å². The van der Waals surface area contributed by atoms with Gasteiger partial charge in [-0.2, -0.15) is 0 Å². The van der Waals surface area contributed by atoms with Crippen LogP contribution >= 0.6 is 0 Å². The Bertz CT molecular complexity index is 693. The number of carbonyl (C=O) groups is 1. The molecule has 124 valence electrons. The van der Waals surface area contributed by atoms with E-state index in [1.165, 1.54) is 0 Å². The smallest absolute Gasteiger partial charge is 0.222 e. The molecule has 2 aromatic rings. The van der Waals surface area contributed by atoms with Crippen molar-refractivity contribution < 1.29 is 4.79 Å². The van der Waals surface area contributed by atoms with Crippen molar-refractivity contribution in [3.05, 3.63) is 18.1 Å². The lowest BCUT2D eigenvalue weighted by molar-refractivity contribution is -0.124. The van der Waals surface area contributed by atoms with Crippen molar-refractivity contribution in [3.8, 4) is 0 Å². The van der Waals surface area contributed by atoms with Gasteiger partial charge in [-0.05, 0) is 31.7 Å². The van der Waals surface area contributed by atoms with Crippen LogP contribution in [0.1, 0.15) is 32.5 Å². The summed E-state index contributed by atoms with van der Waals surface area (Å²) in [5.41, 5.74) is 0.891. The Balaban J connectivity index is 1.72. The standard InChI is InChI=1S/C17H25N5O/c1-11(2)17(23)19-9-13-5-4-8-22(10-13)16-14-6-7-18-15(14)20-12(3)21-16/h6-7,11,13H,4-5,8-10H2,1-3H3,(H,19,23)(H,18,20,21). The van der Waals surface area contributed by atoms with E-state index in [1.54, 1.807) is 0 Å². The highest BCUT2D eigenvalue weighted by Crippen LogP contribution is 2.27. The summed E-state index contributed by atoms with van der Waals surface area (Å²) in [5.74, 6) is 2.43. The summed E-state index contributed by atoms with van der Waals surface area (Å²) in [4.78, 5) is 26.4. The Morgan fingerprint density at radius 1 is 1.48 bits per heavy atom. The predicted molar refractivity (Wildman–Crippen MR) is 91.4 cm³/mol. The van der Waals surface area contributed by atoms with Crippen LogP contribution < -0.4 is 10.2 Å². The van der Waals surface area contributed by atoms with Crippen molar-refractivity contribution in [1.82, 2.24) is 20.3 Å². The minimum atomic E-state index is 0.0405. The second kappa shape index (κ2) is 6.56. The van der Waals surface area contributed by atoms with Crippen molar-refractivity contribution in [2.24, 2.45) is 11.8 Å². The van der Waals surface area contributed by atoms with Crippen molar-refractivity contribution in [3.63, 3.8) is 0 Å². The number of aromatic amines is 1. The van der Waals surface area contributed by atoms with Crippen molar-refractivity contribution >= 4 is 22.8 Å². The number of aryl methyl sites for hydroxylation is 1. The van der Waals surface area contributed by atoms with Crippen LogP contribution in [-0.4, -0.2) is 40.5 Å². The van der Waals surface area contributed by atoms with Crippen LogP contribution in [0.4, 0.5) is 5.82 Å². The summed E-state index contributed by atoms with van der Waals surface area (Å²) in [5, 5.41) is 4.13. The number of carbonyl (C=O) groups excluding carboxylic acids is 1. The Kier molecular flexibility index (Phi) is 4.50. The monoisotopic (exact) mass is 315 g/mol. The van der Waals surface area contributed by atoms with Gasteiger partial charge in [0.25, 0.3) is 0 Å². The van der Waals surface area contributed by atoms with E-state index in [2.05, 4.69) is 25.2 Å². The molecule has 1 saturated heterocycles. The zero-order valence-corrected chi connectivity index (χ0v) is 14.1. The third-order valence-electron chi connectivity index (χ3n) is 4.42. The number of H-pyrrole nitrogens is 1. The van der Waals surface area contributed by atoms with Gasteiger partial charge in [-0.15, -0.1) is 0 Å². The van der Waals surface area contributed by atoms with E-state index in [0.717, 1.165) is 55.2 Å². The van der Waals surface area contributed by atoms with Gasteiger partial charge in [-0.1, -0.05) is 13.8 Å². The van der Waals surface area contributed by atoms with Crippen LogP contribution in [0.5, 0.6) is 0 Å². The van der Waals surface area contributed by atoms with E-state index in [9.17, 15) is 4.79 Å². The normalized spacial score (nSPS) is 18.6. The molecule has 0 spiro atoms. The Hall–Kier alpha value is -2.11. The van der Waals surface area contributed by atoms with E-state index in [-0.39, 0.29) is 11.8 Å². The number of fused-ring (bicyclic) bond motifs is 1. The Labute approximate surface area is 136 Å². The van der Waals surface area contributed by atoms with E-state index in [1.807, 2.05) is 33.0 Å². The summed E-state index contributed by atoms with van der Waals surface area (Å²) in [6, 6.07) is 2.04. The van der Waals surface area contributed by atoms with Gasteiger partial charge in [0.1, 0.15) is 17.3 Å². The highest BCUT2D eigenvalue weighted by molar-refractivity contribution is 5.87. The largest absolute Gasteiger partial charge is 0.356 e. The number of hydrogen-bond donors (Lipinski definition) is 2. The fourth-order valence-corrected chi connectivity index (χ4v) is 3.15. The maximum Gasteiger partial charge on any atom is 0.222 e. The molecule has 0 aromatic carbocycles. The first-order valence-electron chi connectivity index (χ1n) is 8.39. The summed E-state index contributed by atoms with van der Waals surface area (Å²) in [6.07, 6.45) is 4.18. The SMILES string of the molecule is Cc1nc(N2CCCC(CNC(=O)C(C)C)C2)c2cc[nH]c2n1. The van der Waals surface area contributed by atoms with Gasteiger partial charge in [0.15, 0.2) is 0 Å². The zero-order valence-electron chi connectivity index (χ0n) is 14.1. The molecule has 0 radical (unpaired) electrons. The third-order valence-corrected chi connectivity index (χ3v) is 4.42. The molecular formula is C17H25N5O. The molecule has 1 fully saturated rings. The van der Waals surface area contributed by atoms with E-state index in [4.69, 9.17) is 0 Å². The number of anilines is 1. The second-order valence-corrected chi connectivity index (χ2v) is 6.69. The van der Waals surface area contributed by atoms with Crippen LogP contribution in [0.3, 0.4) is 0 Å². The molecule has 6 heteroatoms. The highest BCUT2D eigenvalue weighted by Gasteiger charge is 2.23. The van der Waals surface area contributed by atoms with Gasteiger partial charge in [0.2, 0.25) is 5.91 Å². The van der Waals surface area contributed by atoms with Crippen molar-refractivity contribution in [2.75, 3.05) is 24.5 Å². The Morgan fingerprint density at radius 3 is 3.09 bits per heavy atom. The molecule has 1 unspecified atom stereocenters. The topological polar surface area (TPSA) is 73.9 Å². The molecule has 23 heavy (non-hydrogen) atoms. The van der Waals surface area contributed by atoms with E-state index < -0.39 is 0 Å². The first kappa shape index (κ1) is 15.8. The number of amides is 1. The van der Waals surface area contributed by atoms with Gasteiger partial charge < -0.3 is 15.2 Å². The molecule has 0 aliphatic carbocycles. The fraction of sp³-hybridized carbons (Fsp3) is 0.588. The van der Waals surface area contributed by atoms with Crippen LogP contribution in [0, 0.1) is 18.8 Å². The average molecular weight is 315 g/mol. The Morgan fingerprint density at radius 2 is 2.30 bits per heavy atom. The van der Waals surface area contributed by atoms with Crippen LogP contribution in [-0.2, 0) is 4.79 Å². The number of piperidine rings is 1. The summed E-state index contributed by atoms with van der Waals surface area (Å²) >= 11 is 0. The predicted octanol–water partition coefficient (Wildman–Crippen LogP) is 2.25. The molecule has 2 aromatic heterocycles. The maximum absolute atomic E-state index is 11.8. The van der Waals surface area contributed by atoms with Gasteiger partial charge in [0.05, 0.1) is 5.39 Å². The van der Waals surface area contributed by atoms with Crippen molar-refractivity contribution in [2.45, 2.75) is 33.6 Å². The van der Waals surface area contributed by atoms with Crippen molar-refractivity contribution in [1.29, 1.82) is 0 Å². The molecule has 3 rings (SSSR count). The molecular weight excluding hydrogens is 290 g/mol. The molecule has 0 bridgehead atoms. The lowest BCUT2D eigenvalue weighted by Gasteiger charge is -2.34. The van der Waals surface area contributed by atoms with Gasteiger partial charge in [0, 0.05) is 31.7 Å². The molecule has 1 aliphatic rings. The molecule has 1 atom stereocenters. The third kappa shape index (κ3) is 3.46. The minimum absolute atomic E-state index is 0.0405. The van der Waals surface area contributed by atoms with Gasteiger partial charge >= 0.3 is 0 Å². The molecule has 1 amide bonds. The average Bonchev–Trinajstić information content (AvgIpc) is 3.00. The number of hydrogen-bond acceptors (Lipinski definition) is 4.